The summed E-state index contributed by atoms with van der Waals surface area (Å²) in [6.45, 7) is 36.2. The second-order valence-electron chi connectivity index (χ2n) is 22.6. The molecule has 2 heterocycles. The lowest BCUT2D eigenvalue weighted by Gasteiger charge is -2.50. The quantitative estimate of drug-likeness (QED) is 0.0564. The van der Waals surface area contributed by atoms with Crippen molar-refractivity contribution in [1.82, 2.24) is 9.13 Å². The zero-order valence-corrected chi connectivity index (χ0v) is 44.0. The SMILES string of the molecule is C=CC(=O)OC(C)(C)CC(C)OC(C(C)(C)CC(C)(C)Oc1ccc2cc(-c3ccc(C)cc3CC)n(C)c2c1)C(C)(C)CC(C)(C)Oc1ccc2cc(-c3ccc(C)cc3CC)n(C)c2c1. The second kappa shape index (κ2) is 19.4. The zero-order chi connectivity index (χ0) is 49.4. The number of fused-ring (bicyclic) bond motifs is 2. The fourth-order valence-electron chi connectivity index (χ4n) is 11.6. The first-order valence-corrected chi connectivity index (χ1v) is 24.4. The molecule has 67 heavy (non-hydrogen) atoms. The van der Waals surface area contributed by atoms with Gasteiger partial charge in [0.1, 0.15) is 28.3 Å². The maximum Gasteiger partial charge on any atom is 0.330 e. The van der Waals surface area contributed by atoms with Gasteiger partial charge in [-0.2, -0.15) is 0 Å². The number of aromatic nitrogens is 2. The van der Waals surface area contributed by atoms with Gasteiger partial charge in [0, 0.05) is 72.0 Å². The molecule has 2 aromatic heterocycles. The van der Waals surface area contributed by atoms with Gasteiger partial charge in [-0.3, -0.25) is 0 Å². The highest BCUT2D eigenvalue weighted by Crippen LogP contribution is 2.48. The van der Waals surface area contributed by atoms with Crippen molar-refractivity contribution in [3.05, 3.63) is 120 Å². The van der Waals surface area contributed by atoms with Crippen LogP contribution in [0.2, 0.25) is 0 Å². The van der Waals surface area contributed by atoms with E-state index in [0.29, 0.717) is 19.3 Å². The van der Waals surface area contributed by atoms with Crippen LogP contribution in [-0.2, 0) is 41.2 Å². The number of esters is 1. The molecule has 1 atom stereocenters. The Hall–Kier alpha value is -5.27. The van der Waals surface area contributed by atoms with Gasteiger partial charge in [-0.05, 0) is 146 Å². The molecule has 0 aliphatic heterocycles. The molecule has 0 radical (unpaired) electrons. The Morgan fingerprint density at radius 1 is 0.612 bits per heavy atom. The number of benzene rings is 4. The van der Waals surface area contributed by atoms with E-state index in [1.165, 1.54) is 61.6 Å². The Balaban J connectivity index is 1.27. The molecule has 1 unspecified atom stereocenters. The third kappa shape index (κ3) is 11.9. The zero-order valence-electron chi connectivity index (χ0n) is 44.0. The summed E-state index contributed by atoms with van der Waals surface area (Å²) in [6, 6.07) is 31.0. The summed E-state index contributed by atoms with van der Waals surface area (Å²) in [5.41, 5.74) is 9.78. The maximum absolute atomic E-state index is 12.3. The van der Waals surface area contributed by atoms with Crippen molar-refractivity contribution in [3.8, 4) is 34.0 Å². The van der Waals surface area contributed by atoms with Crippen molar-refractivity contribution in [2.75, 3.05) is 0 Å². The third-order valence-electron chi connectivity index (χ3n) is 13.5. The molecule has 6 aromatic rings. The Kier molecular flexibility index (Phi) is 14.8. The van der Waals surface area contributed by atoms with Gasteiger partial charge in [-0.15, -0.1) is 0 Å². The van der Waals surface area contributed by atoms with Gasteiger partial charge >= 0.3 is 5.97 Å². The molecule has 0 saturated carbocycles. The van der Waals surface area contributed by atoms with Crippen molar-refractivity contribution in [2.45, 2.75) is 165 Å². The van der Waals surface area contributed by atoms with Crippen LogP contribution in [0.3, 0.4) is 0 Å². The highest BCUT2D eigenvalue weighted by Gasteiger charge is 2.48. The average molecular weight is 909 g/mol. The van der Waals surface area contributed by atoms with Crippen LogP contribution in [0.5, 0.6) is 11.5 Å². The first kappa shape index (κ1) is 51.1. The van der Waals surface area contributed by atoms with E-state index in [1.54, 1.807) is 0 Å². The average Bonchev–Trinajstić information content (AvgIpc) is 3.72. The first-order valence-electron chi connectivity index (χ1n) is 24.4. The number of carbonyl (C=O) groups excluding carboxylic acids is 1. The molecule has 0 amide bonds. The lowest BCUT2D eigenvalue weighted by molar-refractivity contribution is -0.172. The monoisotopic (exact) mass is 909 g/mol. The Morgan fingerprint density at radius 2 is 1.03 bits per heavy atom. The van der Waals surface area contributed by atoms with Crippen LogP contribution >= 0.6 is 0 Å². The maximum atomic E-state index is 12.3. The number of hydrogen-bond acceptors (Lipinski definition) is 5. The van der Waals surface area contributed by atoms with Gasteiger partial charge in [-0.25, -0.2) is 4.79 Å². The molecule has 6 rings (SSSR count). The largest absolute Gasteiger partial charge is 0.488 e. The number of nitrogens with zero attached hydrogens (tertiary/aromatic N) is 2. The number of hydrogen-bond donors (Lipinski definition) is 0. The fourth-order valence-corrected chi connectivity index (χ4v) is 11.6. The van der Waals surface area contributed by atoms with Crippen LogP contribution in [0.15, 0.2) is 97.6 Å². The predicted octanol–water partition coefficient (Wildman–Crippen LogP) is 15.3. The van der Waals surface area contributed by atoms with Crippen LogP contribution in [0.25, 0.3) is 44.3 Å². The summed E-state index contributed by atoms with van der Waals surface area (Å²) in [5.74, 6) is 1.22. The van der Waals surface area contributed by atoms with Gasteiger partial charge < -0.3 is 28.1 Å². The van der Waals surface area contributed by atoms with Crippen molar-refractivity contribution in [3.63, 3.8) is 0 Å². The van der Waals surface area contributed by atoms with E-state index in [0.717, 1.165) is 35.4 Å². The summed E-state index contributed by atoms with van der Waals surface area (Å²) in [4.78, 5) is 12.3. The van der Waals surface area contributed by atoms with E-state index in [1.807, 2.05) is 13.8 Å². The molecule has 0 spiro atoms. The molecule has 0 fully saturated rings. The normalized spacial score (nSPS) is 13.4. The van der Waals surface area contributed by atoms with Crippen LogP contribution < -0.4 is 9.47 Å². The fraction of sp³-hybridized carbons (Fsp3) is 0.483. The van der Waals surface area contributed by atoms with E-state index in [9.17, 15) is 4.79 Å². The molecular formula is C60H80N2O5. The molecule has 7 heteroatoms. The van der Waals surface area contributed by atoms with E-state index in [2.05, 4.69) is 205 Å². The minimum atomic E-state index is -0.756. The van der Waals surface area contributed by atoms with Crippen LogP contribution in [0.1, 0.15) is 132 Å². The highest BCUT2D eigenvalue weighted by atomic mass is 16.6. The summed E-state index contributed by atoms with van der Waals surface area (Å²) in [5, 5.41) is 2.37. The molecule has 7 nitrogen and oxygen atoms in total. The van der Waals surface area contributed by atoms with Crippen molar-refractivity contribution >= 4 is 27.8 Å². The lowest BCUT2D eigenvalue weighted by Crippen LogP contribution is -2.52. The standard InChI is InChI=1S/C60H80N2O5/c1-19-42-30-39(4)22-28-48(42)52-32-44-24-26-46(34-50(44)61(52)17)65-59(13,14)37-56(7,8)55(64-41(6)36-58(11,12)67-54(63)21-3)57(9,10)38-60(15,16)66-47-27-25-45-33-53(62(18)51(45)35-47)49-29-23-40(5)31-43(49)20-2/h21-35,41,55H,3,19-20,36-38H2,1-2,4-18H3. The Bertz CT molecular complexity index is 2570. The smallest absolute Gasteiger partial charge is 0.330 e. The van der Waals surface area contributed by atoms with Gasteiger partial charge in [0.2, 0.25) is 0 Å². The second-order valence-corrected chi connectivity index (χ2v) is 22.6. The first-order chi connectivity index (χ1) is 31.2. The molecular weight excluding hydrogens is 829 g/mol. The van der Waals surface area contributed by atoms with Crippen LogP contribution in [-0.4, -0.2) is 44.1 Å². The summed E-state index contributed by atoms with van der Waals surface area (Å²) in [6.07, 6.45) is 4.58. The number of carbonyl (C=O) groups is 1. The molecule has 0 aliphatic rings. The highest BCUT2D eigenvalue weighted by molar-refractivity contribution is 5.90. The Labute approximate surface area is 402 Å². The van der Waals surface area contributed by atoms with E-state index in [-0.39, 0.29) is 12.2 Å². The van der Waals surface area contributed by atoms with E-state index >= 15 is 0 Å². The van der Waals surface area contributed by atoms with Crippen LogP contribution in [0, 0.1) is 24.7 Å². The minimum Gasteiger partial charge on any atom is -0.488 e. The molecule has 4 aromatic carbocycles. The molecule has 0 bridgehead atoms. The van der Waals surface area contributed by atoms with Gasteiger partial charge in [0.25, 0.3) is 0 Å². The lowest BCUT2D eigenvalue weighted by atomic mass is 9.64. The number of rotatable bonds is 20. The molecule has 0 aliphatic carbocycles. The topological polar surface area (TPSA) is 63.9 Å². The summed E-state index contributed by atoms with van der Waals surface area (Å²) < 4.78 is 31.6. The van der Waals surface area contributed by atoms with Gasteiger partial charge in [0.15, 0.2) is 0 Å². The molecule has 0 saturated heterocycles. The predicted molar refractivity (Wildman–Crippen MR) is 280 cm³/mol. The van der Waals surface area contributed by atoms with Gasteiger partial charge in [0.05, 0.1) is 23.2 Å². The van der Waals surface area contributed by atoms with E-state index < -0.39 is 33.6 Å². The molecule has 0 N–H and O–H groups in total. The minimum absolute atomic E-state index is 0.240. The van der Waals surface area contributed by atoms with Crippen molar-refractivity contribution in [1.29, 1.82) is 0 Å². The summed E-state index contributed by atoms with van der Waals surface area (Å²) in [7, 11) is 4.30. The van der Waals surface area contributed by atoms with E-state index in [4.69, 9.17) is 18.9 Å². The summed E-state index contributed by atoms with van der Waals surface area (Å²) >= 11 is 0. The number of aryl methyl sites for hydroxylation is 6. The van der Waals surface area contributed by atoms with Crippen molar-refractivity contribution < 1.29 is 23.7 Å². The number of ether oxygens (including phenoxy) is 4. The molecule has 360 valence electrons. The Morgan fingerprint density at radius 3 is 1.42 bits per heavy atom. The van der Waals surface area contributed by atoms with Crippen LogP contribution in [0.4, 0.5) is 0 Å². The third-order valence-corrected chi connectivity index (χ3v) is 13.5. The van der Waals surface area contributed by atoms with Gasteiger partial charge in [-0.1, -0.05) is 95.6 Å². The van der Waals surface area contributed by atoms with Crippen molar-refractivity contribution in [2.24, 2.45) is 24.9 Å².